The summed E-state index contributed by atoms with van der Waals surface area (Å²) in [5.41, 5.74) is 0.877. The van der Waals surface area contributed by atoms with Crippen molar-refractivity contribution in [2.45, 2.75) is 6.61 Å². The van der Waals surface area contributed by atoms with Gasteiger partial charge in [-0.2, -0.15) is 5.10 Å². The van der Waals surface area contributed by atoms with Crippen LogP contribution in [-0.4, -0.2) is 53.0 Å². The van der Waals surface area contributed by atoms with E-state index in [2.05, 4.69) is 20.3 Å². The summed E-state index contributed by atoms with van der Waals surface area (Å²) in [6.07, 6.45) is 1.87. The first-order valence-electron chi connectivity index (χ1n) is 7.39. The predicted molar refractivity (Wildman–Crippen MR) is 79.1 cm³/mol. The summed E-state index contributed by atoms with van der Waals surface area (Å²) in [5.74, 6) is 3.20. The molecule has 4 heterocycles. The summed E-state index contributed by atoms with van der Waals surface area (Å²) in [4.78, 5) is 11.7. The van der Waals surface area contributed by atoms with Crippen molar-refractivity contribution < 1.29 is 4.74 Å². The molecule has 21 heavy (non-hydrogen) atoms. The Labute approximate surface area is 123 Å². The van der Waals surface area contributed by atoms with Gasteiger partial charge in [-0.15, -0.1) is 0 Å². The van der Waals surface area contributed by atoms with Gasteiger partial charge in [-0.1, -0.05) is 0 Å². The molecule has 2 fully saturated rings. The highest BCUT2D eigenvalue weighted by Crippen LogP contribution is 2.32. The van der Waals surface area contributed by atoms with Gasteiger partial charge in [0, 0.05) is 40.3 Å². The summed E-state index contributed by atoms with van der Waals surface area (Å²) in [6.45, 7) is 4.79. The molecule has 7 nitrogen and oxygen atoms in total. The predicted octanol–water partition coefficient (Wildman–Crippen LogP) is 0.165. The largest absolute Gasteiger partial charge is 0.377 e. The Morgan fingerprint density at radius 2 is 2.05 bits per heavy atom. The maximum Gasteiger partial charge on any atom is 0.163 e. The number of ether oxygens (including phenoxy) is 1. The normalized spacial score (nSPS) is 25.0. The van der Waals surface area contributed by atoms with E-state index in [0.29, 0.717) is 6.61 Å². The van der Waals surface area contributed by atoms with Crippen molar-refractivity contribution in [1.82, 2.24) is 25.1 Å². The maximum absolute atomic E-state index is 5.20. The fraction of sp³-hybridized carbons (Fsp3) is 0.643. The third-order valence-corrected chi connectivity index (χ3v) is 4.58. The molecule has 4 rings (SSSR count). The minimum atomic E-state index is 0.427. The zero-order valence-corrected chi connectivity index (χ0v) is 12.4. The minimum absolute atomic E-state index is 0.427. The van der Waals surface area contributed by atoms with Crippen molar-refractivity contribution in [1.29, 1.82) is 0 Å². The average molecular weight is 288 g/mol. The van der Waals surface area contributed by atoms with Crippen LogP contribution in [0, 0.1) is 11.8 Å². The Morgan fingerprint density at radius 3 is 2.76 bits per heavy atom. The molecule has 112 valence electrons. The molecule has 1 N–H and O–H groups in total. The van der Waals surface area contributed by atoms with Crippen LogP contribution in [0.2, 0.25) is 0 Å². The van der Waals surface area contributed by atoms with Gasteiger partial charge in [0.25, 0.3) is 0 Å². The van der Waals surface area contributed by atoms with Crippen molar-refractivity contribution in [2.75, 3.05) is 38.2 Å². The lowest BCUT2D eigenvalue weighted by molar-refractivity contribution is 0.178. The molecular formula is C14H20N6O. The van der Waals surface area contributed by atoms with Crippen molar-refractivity contribution in [3.63, 3.8) is 0 Å². The highest BCUT2D eigenvalue weighted by Gasteiger charge is 2.37. The second-order valence-corrected chi connectivity index (χ2v) is 5.99. The molecule has 0 radical (unpaired) electrons. The maximum atomic E-state index is 5.20. The fourth-order valence-electron chi connectivity index (χ4n) is 3.51. The van der Waals surface area contributed by atoms with Crippen LogP contribution in [0.15, 0.2) is 6.20 Å². The van der Waals surface area contributed by atoms with Gasteiger partial charge in [0.15, 0.2) is 11.5 Å². The zero-order chi connectivity index (χ0) is 14.4. The van der Waals surface area contributed by atoms with Crippen LogP contribution in [0.5, 0.6) is 0 Å². The molecule has 0 saturated carbocycles. The van der Waals surface area contributed by atoms with Crippen molar-refractivity contribution in [3.8, 4) is 0 Å². The summed E-state index contributed by atoms with van der Waals surface area (Å²) < 4.78 is 7.01. The number of rotatable bonds is 3. The summed E-state index contributed by atoms with van der Waals surface area (Å²) in [7, 11) is 3.58. The number of nitrogens with zero attached hydrogens (tertiary/aromatic N) is 5. The van der Waals surface area contributed by atoms with E-state index < -0.39 is 0 Å². The first-order chi connectivity index (χ1) is 10.3. The van der Waals surface area contributed by atoms with Gasteiger partial charge in [0.05, 0.1) is 11.6 Å². The van der Waals surface area contributed by atoms with E-state index in [1.807, 2.05) is 13.2 Å². The zero-order valence-electron chi connectivity index (χ0n) is 12.4. The molecule has 0 unspecified atom stereocenters. The summed E-state index contributed by atoms with van der Waals surface area (Å²) >= 11 is 0. The second kappa shape index (κ2) is 4.92. The standard InChI is InChI=1S/C14H20N6O/c1-19-13-11(5-16-19)14(18-12(17-13)8-21-2)20-6-9-3-15-4-10(9)7-20/h5,9-10,15H,3-4,6-8H2,1-2H3/t9-,10+. The number of fused-ring (bicyclic) bond motifs is 2. The van der Waals surface area contributed by atoms with Crippen LogP contribution in [0.25, 0.3) is 11.0 Å². The third kappa shape index (κ3) is 2.08. The molecule has 2 saturated heterocycles. The van der Waals surface area contributed by atoms with E-state index in [0.717, 1.165) is 60.7 Å². The Kier molecular flexibility index (Phi) is 3.04. The smallest absolute Gasteiger partial charge is 0.163 e. The highest BCUT2D eigenvalue weighted by molar-refractivity contribution is 5.87. The van der Waals surface area contributed by atoms with Crippen LogP contribution >= 0.6 is 0 Å². The van der Waals surface area contributed by atoms with E-state index in [1.165, 1.54) is 0 Å². The SMILES string of the molecule is COCc1nc(N2C[C@H]3CNC[C@H]3C2)c2cnn(C)c2n1. The molecule has 2 atom stereocenters. The van der Waals surface area contributed by atoms with Crippen LogP contribution < -0.4 is 10.2 Å². The Morgan fingerprint density at radius 1 is 1.29 bits per heavy atom. The molecule has 0 amide bonds. The minimum Gasteiger partial charge on any atom is -0.377 e. The number of hydrogen-bond acceptors (Lipinski definition) is 6. The van der Waals surface area contributed by atoms with E-state index in [-0.39, 0.29) is 0 Å². The van der Waals surface area contributed by atoms with E-state index in [9.17, 15) is 0 Å². The fourth-order valence-corrected chi connectivity index (χ4v) is 3.51. The topological polar surface area (TPSA) is 68.1 Å². The van der Waals surface area contributed by atoms with Gasteiger partial charge < -0.3 is 15.0 Å². The summed E-state index contributed by atoms with van der Waals surface area (Å²) in [6, 6.07) is 0. The molecule has 2 aliphatic rings. The van der Waals surface area contributed by atoms with Gasteiger partial charge in [-0.3, -0.25) is 4.68 Å². The Bertz CT molecular complexity index is 657. The third-order valence-electron chi connectivity index (χ3n) is 4.58. The number of anilines is 1. The Hall–Kier alpha value is -1.73. The van der Waals surface area contributed by atoms with E-state index in [4.69, 9.17) is 9.72 Å². The molecule has 0 bridgehead atoms. The Balaban J connectivity index is 1.76. The van der Waals surface area contributed by atoms with Gasteiger partial charge in [0.1, 0.15) is 12.4 Å². The lowest BCUT2D eigenvalue weighted by Gasteiger charge is -2.20. The molecule has 0 aromatic carbocycles. The number of aromatic nitrogens is 4. The van der Waals surface area contributed by atoms with E-state index >= 15 is 0 Å². The van der Waals surface area contributed by atoms with Crippen molar-refractivity contribution >= 4 is 16.9 Å². The van der Waals surface area contributed by atoms with Crippen LogP contribution in [-0.2, 0) is 18.4 Å². The second-order valence-electron chi connectivity index (χ2n) is 5.99. The first-order valence-corrected chi connectivity index (χ1v) is 7.39. The lowest BCUT2D eigenvalue weighted by Crippen LogP contribution is -2.26. The monoisotopic (exact) mass is 288 g/mol. The lowest BCUT2D eigenvalue weighted by atomic mass is 10.0. The van der Waals surface area contributed by atoms with Crippen molar-refractivity contribution in [3.05, 3.63) is 12.0 Å². The van der Waals surface area contributed by atoms with E-state index in [1.54, 1.807) is 11.8 Å². The molecular weight excluding hydrogens is 268 g/mol. The first kappa shape index (κ1) is 13.0. The van der Waals surface area contributed by atoms with Gasteiger partial charge >= 0.3 is 0 Å². The molecule has 7 heteroatoms. The van der Waals surface area contributed by atoms with Gasteiger partial charge in [0.2, 0.25) is 0 Å². The van der Waals surface area contributed by atoms with Crippen LogP contribution in [0.1, 0.15) is 5.82 Å². The van der Waals surface area contributed by atoms with Gasteiger partial charge in [-0.05, 0) is 11.8 Å². The molecule has 0 aliphatic carbocycles. The molecule has 2 aromatic heterocycles. The quantitative estimate of drug-likeness (QED) is 0.868. The number of hydrogen-bond donors (Lipinski definition) is 1. The number of nitrogens with one attached hydrogen (secondary N) is 1. The average Bonchev–Trinajstić information content (AvgIpc) is 3.14. The molecule has 2 aliphatic heterocycles. The molecule has 0 spiro atoms. The number of methoxy groups -OCH3 is 1. The highest BCUT2D eigenvalue weighted by atomic mass is 16.5. The number of aryl methyl sites for hydroxylation is 1. The summed E-state index contributed by atoms with van der Waals surface area (Å²) in [5, 5.41) is 8.84. The van der Waals surface area contributed by atoms with Crippen LogP contribution in [0.4, 0.5) is 5.82 Å². The molecule has 2 aromatic rings. The van der Waals surface area contributed by atoms with Crippen LogP contribution in [0.3, 0.4) is 0 Å². The van der Waals surface area contributed by atoms with Gasteiger partial charge in [-0.25, -0.2) is 9.97 Å². The van der Waals surface area contributed by atoms with Crippen molar-refractivity contribution in [2.24, 2.45) is 18.9 Å².